The van der Waals surface area contributed by atoms with Gasteiger partial charge in [-0.15, -0.1) is 5.10 Å². The molecule has 2 fully saturated rings. The third kappa shape index (κ3) is 2.38. The highest BCUT2D eigenvalue weighted by Gasteiger charge is 2.28. The lowest BCUT2D eigenvalue weighted by Gasteiger charge is -2.21. The zero-order chi connectivity index (χ0) is 10.8. The lowest BCUT2D eigenvalue weighted by molar-refractivity contribution is 0.0315. The fraction of sp³-hybridized carbons (Fsp3) is 0.900. The molecule has 1 saturated heterocycles. The van der Waals surface area contributed by atoms with E-state index >= 15 is 0 Å². The van der Waals surface area contributed by atoms with Gasteiger partial charge in [-0.05, 0) is 42.5 Å². The van der Waals surface area contributed by atoms with Crippen molar-refractivity contribution in [2.45, 2.75) is 49.4 Å². The summed E-state index contributed by atoms with van der Waals surface area (Å²) in [6.45, 7) is 0.915. The van der Waals surface area contributed by atoms with Crippen LogP contribution in [0.25, 0.3) is 0 Å². The Morgan fingerprint density at radius 2 is 2.25 bits per heavy atom. The predicted octanol–water partition coefficient (Wildman–Crippen LogP) is 1.67. The molecule has 0 N–H and O–H groups in total. The number of tetrazole rings is 1. The van der Waals surface area contributed by atoms with Crippen molar-refractivity contribution in [3.8, 4) is 0 Å². The summed E-state index contributed by atoms with van der Waals surface area (Å²) in [4.78, 5) is 0. The summed E-state index contributed by atoms with van der Waals surface area (Å²) in [5, 5.41) is 12.8. The van der Waals surface area contributed by atoms with Crippen molar-refractivity contribution in [2.75, 3.05) is 12.4 Å². The van der Waals surface area contributed by atoms with Crippen LogP contribution in [0.2, 0.25) is 0 Å². The molecule has 0 spiro atoms. The van der Waals surface area contributed by atoms with Gasteiger partial charge in [0.1, 0.15) is 0 Å². The molecule has 0 bridgehead atoms. The number of rotatable bonds is 4. The van der Waals surface area contributed by atoms with E-state index in [-0.39, 0.29) is 0 Å². The molecule has 1 aromatic heterocycles. The van der Waals surface area contributed by atoms with Crippen molar-refractivity contribution in [1.82, 2.24) is 20.2 Å². The third-order valence-electron chi connectivity index (χ3n) is 3.03. The monoisotopic (exact) mass is 240 g/mol. The SMILES string of the molecule is C1CC[C@H](CSc2nnnn2C2CC2)OC1. The van der Waals surface area contributed by atoms with Crippen molar-refractivity contribution in [1.29, 1.82) is 0 Å². The molecular formula is C10H16N4OS. The maximum absolute atomic E-state index is 5.69. The number of nitrogens with zero attached hydrogens (tertiary/aromatic N) is 4. The first-order valence-corrected chi connectivity index (χ1v) is 6.94. The molecule has 2 heterocycles. The molecule has 1 saturated carbocycles. The van der Waals surface area contributed by atoms with Gasteiger partial charge >= 0.3 is 0 Å². The topological polar surface area (TPSA) is 52.8 Å². The van der Waals surface area contributed by atoms with Gasteiger partial charge in [0, 0.05) is 12.4 Å². The Bertz CT molecular complexity index is 346. The van der Waals surface area contributed by atoms with E-state index < -0.39 is 0 Å². The summed E-state index contributed by atoms with van der Waals surface area (Å²) in [6, 6.07) is 0.560. The number of ether oxygens (including phenoxy) is 1. The quantitative estimate of drug-likeness (QED) is 0.749. The molecule has 2 aliphatic rings. The van der Waals surface area contributed by atoms with Crippen molar-refractivity contribution >= 4 is 11.8 Å². The summed E-state index contributed by atoms with van der Waals surface area (Å²) < 4.78 is 7.66. The maximum Gasteiger partial charge on any atom is 0.209 e. The van der Waals surface area contributed by atoms with Crippen LogP contribution in [-0.2, 0) is 4.74 Å². The van der Waals surface area contributed by atoms with Crippen molar-refractivity contribution in [3.63, 3.8) is 0 Å². The van der Waals surface area contributed by atoms with Gasteiger partial charge in [0.15, 0.2) is 0 Å². The summed E-state index contributed by atoms with van der Waals surface area (Å²) in [5.41, 5.74) is 0. The van der Waals surface area contributed by atoms with Crippen molar-refractivity contribution < 1.29 is 4.74 Å². The molecule has 16 heavy (non-hydrogen) atoms. The van der Waals surface area contributed by atoms with E-state index in [2.05, 4.69) is 15.5 Å². The summed E-state index contributed by atoms with van der Waals surface area (Å²) in [5.74, 6) is 0.979. The Morgan fingerprint density at radius 3 is 3.00 bits per heavy atom. The molecular weight excluding hydrogens is 224 g/mol. The molecule has 0 unspecified atom stereocenters. The molecule has 1 aromatic rings. The number of thioether (sulfide) groups is 1. The second-order valence-electron chi connectivity index (χ2n) is 4.44. The van der Waals surface area contributed by atoms with Crippen molar-refractivity contribution in [3.05, 3.63) is 0 Å². The van der Waals surface area contributed by atoms with Gasteiger partial charge in [0.05, 0.1) is 12.1 Å². The minimum atomic E-state index is 0.392. The second-order valence-corrected chi connectivity index (χ2v) is 5.42. The molecule has 1 aliphatic carbocycles. The molecule has 1 aliphatic heterocycles. The number of aromatic nitrogens is 4. The van der Waals surface area contributed by atoms with Gasteiger partial charge < -0.3 is 4.74 Å². The maximum atomic E-state index is 5.69. The van der Waals surface area contributed by atoms with Gasteiger partial charge in [-0.2, -0.15) is 0 Å². The van der Waals surface area contributed by atoms with Gasteiger partial charge in [-0.25, -0.2) is 4.68 Å². The average molecular weight is 240 g/mol. The standard InChI is InChI=1S/C10H16N4OS/c1-2-6-15-9(3-1)7-16-10-11-12-13-14(10)8-4-5-8/h8-9H,1-7H2/t9-/m1/s1. The molecule has 3 rings (SSSR count). The Balaban J connectivity index is 1.54. The first-order valence-electron chi connectivity index (χ1n) is 5.96. The zero-order valence-electron chi connectivity index (χ0n) is 9.21. The minimum absolute atomic E-state index is 0.392. The number of hydrogen-bond donors (Lipinski definition) is 0. The first-order chi connectivity index (χ1) is 7.93. The first kappa shape index (κ1) is 10.5. The van der Waals surface area contributed by atoms with Crippen LogP contribution in [0, 0.1) is 0 Å². The average Bonchev–Trinajstić information content (AvgIpc) is 3.07. The molecule has 0 amide bonds. The fourth-order valence-corrected chi connectivity index (χ4v) is 2.95. The van der Waals surface area contributed by atoms with E-state index in [4.69, 9.17) is 4.74 Å². The highest BCUT2D eigenvalue weighted by Crippen LogP contribution is 2.36. The van der Waals surface area contributed by atoms with E-state index in [1.165, 1.54) is 32.1 Å². The fourth-order valence-electron chi connectivity index (χ4n) is 1.94. The second kappa shape index (κ2) is 4.71. The van der Waals surface area contributed by atoms with E-state index in [1.54, 1.807) is 11.8 Å². The summed E-state index contributed by atoms with van der Waals surface area (Å²) >= 11 is 1.73. The lowest BCUT2D eigenvalue weighted by Crippen LogP contribution is -2.21. The van der Waals surface area contributed by atoms with Crippen LogP contribution < -0.4 is 0 Å². The molecule has 88 valence electrons. The van der Waals surface area contributed by atoms with E-state index in [9.17, 15) is 0 Å². The van der Waals surface area contributed by atoms with Crippen LogP contribution in [-0.4, -0.2) is 38.7 Å². The molecule has 0 radical (unpaired) electrons. The van der Waals surface area contributed by atoms with Crippen LogP contribution in [0.1, 0.15) is 38.1 Å². The lowest BCUT2D eigenvalue weighted by atomic mass is 10.1. The van der Waals surface area contributed by atoms with Gasteiger partial charge in [-0.1, -0.05) is 11.8 Å². The molecule has 0 aromatic carbocycles. The van der Waals surface area contributed by atoms with Crippen LogP contribution >= 0.6 is 11.8 Å². The Morgan fingerprint density at radius 1 is 1.31 bits per heavy atom. The van der Waals surface area contributed by atoms with Gasteiger partial charge in [0.25, 0.3) is 0 Å². The Kier molecular flexibility index (Phi) is 3.10. The molecule has 5 nitrogen and oxygen atoms in total. The van der Waals surface area contributed by atoms with Crippen LogP contribution in [0.4, 0.5) is 0 Å². The molecule has 6 heteroatoms. The van der Waals surface area contributed by atoms with E-state index in [0.717, 1.165) is 17.5 Å². The minimum Gasteiger partial charge on any atom is -0.377 e. The van der Waals surface area contributed by atoms with E-state index in [0.29, 0.717) is 12.1 Å². The predicted molar refractivity (Wildman–Crippen MR) is 60.4 cm³/mol. The van der Waals surface area contributed by atoms with Crippen LogP contribution in [0.15, 0.2) is 5.16 Å². The van der Waals surface area contributed by atoms with Gasteiger partial charge in [-0.3, -0.25) is 0 Å². The van der Waals surface area contributed by atoms with Crippen LogP contribution in [0.5, 0.6) is 0 Å². The van der Waals surface area contributed by atoms with Crippen molar-refractivity contribution in [2.24, 2.45) is 0 Å². The Hall–Kier alpha value is -0.620. The largest absolute Gasteiger partial charge is 0.377 e. The zero-order valence-corrected chi connectivity index (χ0v) is 10.0. The molecule has 1 atom stereocenters. The number of hydrogen-bond acceptors (Lipinski definition) is 5. The third-order valence-corrected chi connectivity index (χ3v) is 4.09. The smallest absolute Gasteiger partial charge is 0.209 e. The highest BCUT2D eigenvalue weighted by molar-refractivity contribution is 7.99. The van der Waals surface area contributed by atoms with Crippen LogP contribution in [0.3, 0.4) is 0 Å². The normalized spacial score (nSPS) is 25.9. The van der Waals surface area contributed by atoms with Gasteiger partial charge in [0.2, 0.25) is 5.16 Å². The van der Waals surface area contributed by atoms with E-state index in [1.807, 2.05) is 4.68 Å². The summed E-state index contributed by atoms with van der Waals surface area (Å²) in [6.07, 6.45) is 6.51. The highest BCUT2D eigenvalue weighted by atomic mass is 32.2. The Labute approximate surface area is 98.9 Å². The summed E-state index contributed by atoms with van der Waals surface area (Å²) in [7, 11) is 0.